The molecule has 0 aliphatic heterocycles. The molecule has 0 heterocycles. The molecule has 1 aliphatic carbocycles. The second-order valence-electron chi connectivity index (χ2n) is 3.15. The molecule has 0 aromatic rings. The van der Waals surface area contributed by atoms with Crippen LogP contribution in [0.1, 0.15) is 0 Å². The van der Waals surface area contributed by atoms with Crippen LogP contribution in [-0.2, 0) is 14.3 Å². The number of hydrogen-bond acceptors (Lipinski definition) is 4. The summed E-state index contributed by atoms with van der Waals surface area (Å²) in [6.07, 6.45) is 6.36. The van der Waals surface area contributed by atoms with Crippen LogP contribution in [-0.4, -0.2) is 31.4 Å². The number of methoxy groups -OCH3 is 1. The van der Waals surface area contributed by atoms with Crippen LogP contribution in [0, 0.1) is 12.8 Å². The zero-order chi connectivity index (χ0) is 12.0. The highest BCUT2D eigenvalue weighted by atomic mass is 16.6. The molecule has 84 valence electrons. The molecule has 1 N–H and O–H groups in total. The van der Waals surface area contributed by atoms with Crippen LogP contribution in [0.3, 0.4) is 0 Å². The predicted molar refractivity (Wildman–Crippen MR) is 59.4 cm³/mol. The Balaban J connectivity index is 2.41. The Labute approximate surface area is 94.9 Å². The highest BCUT2D eigenvalue weighted by Crippen LogP contribution is 2.20. The first kappa shape index (κ1) is 12.3. The van der Waals surface area contributed by atoms with Gasteiger partial charge in [0.05, 0.1) is 6.61 Å². The molecule has 4 nitrogen and oxygen atoms in total. The average Bonchev–Trinajstić information content (AvgIpc) is 2.29. The summed E-state index contributed by atoms with van der Waals surface area (Å²) in [6.45, 7) is 3.98. The molecule has 1 aliphatic rings. The van der Waals surface area contributed by atoms with Crippen molar-refractivity contribution in [1.82, 2.24) is 0 Å². The molecule has 0 aromatic heterocycles. The van der Waals surface area contributed by atoms with Crippen molar-refractivity contribution in [2.75, 3.05) is 20.3 Å². The molecule has 0 amide bonds. The number of hydrogen-bond donors (Lipinski definition) is 1. The van der Waals surface area contributed by atoms with Crippen LogP contribution in [0.4, 0.5) is 0 Å². The molecule has 0 saturated carbocycles. The number of aliphatic hydroxyl groups is 1. The Morgan fingerprint density at radius 3 is 2.50 bits per heavy atom. The lowest BCUT2D eigenvalue weighted by atomic mass is 9.98. The van der Waals surface area contributed by atoms with Crippen LogP contribution in [0.25, 0.3) is 0 Å². The van der Waals surface area contributed by atoms with E-state index in [0.29, 0.717) is 17.8 Å². The molecule has 0 unspecified atom stereocenters. The first-order valence-electron chi connectivity index (χ1n) is 4.79. The van der Waals surface area contributed by atoms with Gasteiger partial charge in [0.2, 0.25) is 11.3 Å². The second kappa shape index (κ2) is 5.92. The number of rotatable bonds is 5. The van der Waals surface area contributed by atoms with Gasteiger partial charge in [-0.2, -0.15) is 4.79 Å². The average molecular weight is 222 g/mol. The lowest BCUT2D eigenvalue weighted by Gasteiger charge is -2.00. The summed E-state index contributed by atoms with van der Waals surface area (Å²) >= 11 is 0. The van der Waals surface area contributed by atoms with E-state index in [2.05, 4.69) is 6.58 Å². The van der Waals surface area contributed by atoms with E-state index in [1.807, 2.05) is 0 Å². The van der Waals surface area contributed by atoms with Gasteiger partial charge in [-0.15, -0.1) is 0 Å². The highest BCUT2D eigenvalue weighted by Gasteiger charge is 2.30. The van der Waals surface area contributed by atoms with Crippen LogP contribution in [0.5, 0.6) is 0 Å². The van der Waals surface area contributed by atoms with E-state index in [0.717, 1.165) is 0 Å². The van der Waals surface area contributed by atoms with Gasteiger partial charge in [-0.1, -0.05) is 0 Å². The fraction of sp³-hybridized carbons (Fsp3) is 0.250. The molecule has 0 atom stereocenters. The van der Waals surface area contributed by atoms with Gasteiger partial charge in [-0.3, -0.25) is 0 Å². The zero-order valence-corrected chi connectivity index (χ0v) is 9.10. The number of esters is 1. The summed E-state index contributed by atoms with van der Waals surface area (Å²) in [7, 11) is 1.54. The van der Waals surface area contributed by atoms with Crippen molar-refractivity contribution >= 4 is 5.97 Å². The Bertz CT molecular complexity index is 339. The maximum absolute atomic E-state index is 11.4. The van der Waals surface area contributed by atoms with Crippen molar-refractivity contribution in [3.8, 4) is 0 Å². The van der Waals surface area contributed by atoms with E-state index in [4.69, 9.17) is 14.6 Å². The molecule has 4 heteroatoms. The van der Waals surface area contributed by atoms with Gasteiger partial charge >= 0.3 is 5.97 Å². The van der Waals surface area contributed by atoms with E-state index in [1.165, 1.54) is 7.11 Å². The Morgan fingerprint density at radius 1 is 1.38 bits per heavy atom. The topological polar surface area (TPSA) is 55.8 Å². The molecule has 0 fully saturated rings. The lowest BCUT2D eigenvalue weighted by Crippen LogP contribution is -2.13. The summed E-state index contributed by atoms with van der Waals surface area (Å²) in [5, 5.41) is 9.10. The summed E-state index contributed by atoms with van der Waals surface area (Å²) in [5.41, 5.74) is 1.01. The number of allylic oxidation sites excluding steroid dienone is 3. The standard InChI is InChI=1S/C12H13O4/c1-9(13)10-3-5-11(6-4-10)12(14)16-8-7-15-2/h3-6H,1,7-8H2,2H3/q+1/p+1. The fourth-order valence-electron chi connectivity index (χ4n) is 1.10. The third-order valence-electron chi connectivity index (χ3n) is 1.97. The van der Waals surface area contributed by atoms with E-state index in [9.17, 15) is 4.79 Å². The van der Waals surface area contributed by atoms with Crippen LogP contribution in [0.2, 0.25) is 0 Å². The minimum atomic E-state index is -0.410. The van der Waals surface area contributed by atoms with Crippen molar-refractivity contribution in [3.05, 3.63) is 48.5 Å². The SMILES string of the molecule is C=C(O)C1=C[CH+]C(C(=O)OCCOC)=C[CH+]1. The van der Waals surface area contributed by atoms with Crippen LogP contribution in [0.15, 0.2) is 35.6 Å². The van der Waals surface area contributed by atoms with E-state index in [1.54, 1.807) is 25.0 Å². The molecule has 0 aromatic carbocycles. The quantitative estimate of drug-likeness (QED) is 0.331. The number of aliphatic hydroxyl groups excluding tert-OH is 1. The summed E-state index contributed by atoms with van der Waals surface area (Å²) in [4.78, 5) is 11.4. The van der Waals surface area contributed by atoms with Gasteiger partial charge in [-0.25, -0.2) is 0 Å². The van der Waals surface area contributed by atoms with Crippen molar-refractivity contribution in [2.45, 2.75) is 0 Å². The molecule has 0 bridgehead atoms. The van der Waals surface area contributed by atoms with Crippen molar-refractivity contribution in [2.24, 2.45) is 0 Å². The van der Waals surface area contributed by atoms with Crippen molar-refractivity contribution < 1.29 is 19.4 Å². The third kappa shape index (κ3) is 3.40. The van der Waals surface area contributed by atoms with Gasteiger partial charge < -0.3 is 14.6 Å². The molecule has 0 saturated heterocycles. The van der Waals surface area contributed by atoms with Crippen molar-refractivity contribution in [1.29, 1.82) is 0 Å². The summed E-state index contributed by atoms with van der Waals surface area (Å²) in [5.74, 6) is -0.438. The van der Waals surface area contributed by atoms with Gasteiger partial charge in [0, 0.05) is 7.11 Å². The molecule has 0 radical (unpaired) electrons. The summed E-state index contributed by atoms with van der Waals surface area (Å²) in [6, 6.07) is 0. The number of carbonyl (C=O) groups is 1. The maximum Gasteiger partial charge on any atom is 0.466 e. The van der Waals surface area contributed by atoms with Gasteiger partial charge in [-0.05, 0) is 6.58 Å². The third-order valence-corrected chi connectivity index (χ3v) is 1.97. The van der Waals surface area contributed by atoms with Crippen LogP contribution < -0.4 is 0 Å². The van der Waals surface area contributed by atoms with Gasteiger partial charge in [0.25, 0.3) is 5.57 Å². The van der Waals surface area contributed by atoms with E-state index >= 15 is 0 Å². The fourth-order valence-corrected chi connectivity index (χ4v) is 1.10. The van der Waals surface area contributed by atoms with Crippen molar-refractivity contribution in [3.63, 3.8) is 0 Å². The predicted octanol–water partition coefficient (Wildman–Crippen LogP) is 1.52. The minimum Gasteiger partial charge on any atom is -0.455 e. The summed E-state index contributed by atoms with van der Waals surface area (Å²) < 4.78 is 9.68. The number of ether oxygens (including phenoxy) is 2. The molecule has 16 heavy (non-hydrogen) atoms. The smallest absolute Gasteiger partial charge is 0.455 e. The first-order valence-corrected chi connectivity index (χ1v) is 4.79. The largest absolute Gasteiger partial charge is 0.466 e. The molecule has 0 spiro atoms. The highest BCUT2D eigenvalue weighted by molar-refractivity contribution is 5.92. The Kier molecular flexibility index (Phi) is 4.54. The maximum atomic E-state index is 11.4. The molecular formula is C12H14O4+2. The van der Waals surface area contributed by atoms with Gasteiger partial charge in [0.15, 0.2) is 0 Å². The Hall–Kier alpha value is -1.81. The second-order valence-corrected chi connectivity index (χ2v) is 3.15. The van der Waals surface area contributed by atoms with Gasteiger partial charge in [0.1, 0.15) is 31.6 Å². The zero-order valence-electron chi connectivity index (χ0n) is 9.10. The Morgan fingerprint density at radius 2 is 2.00 bits per heavy atom. The normalized spacial score (nSPS) is 14.1. The van der Waals surface area contributed by atoms with E-state index in [-0.39, 0.29) is 12.4 Å². The molecular weight excluding hydrogens is 208 g/mol. The minimum absolute atomic E-state index is 0.0284. The molecule has 1 rings (SSSR count). The monoisotopic (exact) mass is 222 g/mol. The number of carbonyl (C=O) groups excluding carboxylic acids is 1. The lowest BCUT2D eigenvalue weighted by molar-refractivity contribution is -0.140. The van der Waals surface area contributed by atoms with E-state index < -0.39 is 5.97 Å². The first-order chi connectivity index (χ1) is 7.65. The van der Waals surface area contributed by atoms with Crippen LogP contribution >= 0.6 is 0 Å².